The summed E-state index contributed by atoms with van der Waals surface area (Å²) in [4.78, 5) is 12.4. The number of anilines is 2. The van der Waals surface area contributed by atoms with Gasteiger partial charge in [-0.2, -0.15) is 21.9 Å². The Balaban J connectivity index is 1.10. The Labute approximate surface area is 408 Å². The number of phenolic OH excluding ortho intramolecular Hbond substituents is 1. The summed E-state index contributed by atoms with van der Waals surface area (Å²) in [6.07, 6.45) is 1.26. The van der Waals surface area contributed by atoms with Crippen molar-refractivity contribution in [2.75, 3.05) is 30.0 Å². The second kappa shape index (κ2) is 21.2. The Kier molecular flexibility index (Phi) is 14.7. The van der Waals surface area contributed by atoms with Crippen molar-refractivity contribution in [2.45, 2.75) is 38.0 Å². The Morgan fingerprint density at radius 3 is 1.90 bits per heavy atom. The first-order valence-electron chi connectivity index (χ1n) is 22.1. The van der Waals surface area contributed by atoms with E-state index in [-0.39, 0.29) is 65.0 Å². The number of nitrogen functional groups attached to an aromatic ring is 1. The van der Waals surface area contributed by atoms with Crippen LogP contribution in [0, 0.1) is 6.92 Å². The molecular formula is C51H46N8O10S2. The number of ether oxygens (including phenoxy) is 2. The standard InChI is InChI=1S/C51H46N8O10S2/c1-3-24-68-48-23-22-43(38-8-4-5-9-40(38)48)54-58-46-30-49(69-25-6-7-26-70(62,63)64)47(27-31(46)2)59-55-42-20-21-44(41-29-36(71(65,66)67)16-18-39(41)42)56-57-45-19-12-33-28-35(15-17-37(33)50(45)60)53-51(61)32-10-13-34(52)14-11-32/h4-5,8-23,27-30,60H,3,6-7,24-26,52H2,1-2H3,(H,53,61)(H,62,63,64)(H,65,66,67). The van der Waals surface area contributed by atoms with E-state index in [1.165, 1.54) is 30.3 Å². The van der Waals surface area contributed by atoms with Crippen LogP contribution in [0.1, 0.15) is 42.1 Å². The highest BCUT2D eigenvalue weighted by Crippen LogP contribution is 2.42. The molecule has 20 heteroatoms. The lowest BCUT2D eigenvalue weighted by Gasteiger charge is -2.12. The van der Waals surface area contributed by atoms with Crippen molar-refractivity contribution in [3.05, 3.63) is 145 Å². The topological polar surface area (TPSA) is 277 Å². The van der Waals surface area contributed by atoms with Gasteiger partial charge in [-0.1, -0.05) is 43.3 Å². The lowest BCUT2D eigenvalue weighted by Crippen LogP contribution is -2.11. The molecule has 6 N–H and O–H groups in total. The van der Waals surface area contributed by atoms with Crippen LogP contribution in [0.3, 0.4) is 0 Å². The second-order valence-electron chi connectivity index (χ2n) is 16.3. The molecule has 8 aromatic carbocycles. The molecule has 0 heterocycles. The molecule has 0 unspecified atom stereocenters. The Bertz CT molecular complexity index is 3660. The maximum Gasteiger partial charge on any atom is 0.294 e. The van der Waals surface area contributed by atoms with Crippen molar-refractivity contribution in [3.63, 3.8) is 0 Å². The minimum Gasteiger partial charge on any atom is -0.505 e. The summed E-state index contributed by atoms with van der Waals surface area (Å²) < 4.78 is 78.7. The average molecular weight is 995 g/mol. The number of azo groups is 3. The molecule has 1 amide bonds. The van der Waals surface area contributed by atoms with Gasteiger partial charge >= 0.3 is 0 Å². The SMILES string of the molecule is CCCOc1ccc(N=Nc2cc(OCCCCS(=O)(=O)O)c(N=Nc3ccc(N=Nc4ccc5cc(NC(=O)c6ccc(N)cc6)ccc5c4O)c4cc(S(=O)(=O)O)ccc34)cc2C)c2ccccc12. The van der Waals surface area contributed by atoms with Crippen LogP contribution in [-0.2, 0) is 20.2 Å². The van der Waals surface area contributed by atoms with E-state index in [0.29, 0.717) is 56.6 Å². The van der Waals surface area contributed by atoms with Crippen molar-refractivity contribution >= 4 is 104 Å². The molecule has 0 aliphatic carbocycles. The molecule has 0 fully saturated rings. The third-order valence-electron chi connectivity index (χ3n) is 11.1. The second-order valence-corrected chi connectivity index (χ2v) is 19.3. The zero-order chi connectivity index (χ0) is 50.3. The molecule has 362 valence electrons. The number of nitrogens with one attached hydrogen (secondary N) is 1. The summed E-state index contributed by atoms with van der Waals surface area (Å²) in [5.74, 6) is 0.00267. The number of aromatic hydroxyl groups is 1. The van der Waals surface area contributed by atoms with Crippen molar-refractivity contribution in [1.82, 2.24) is 0 Å². The number of hydrogen-bond donors (Lipinski definition) is 5. The Hall–Kier alpha value is -8.17. The van der Waals surface area contributed by atoms with Gasteiger partial charge in [-0.3, -0.25) is 13.9 Å². The molecule has 0 aliphatic rings. The van der Waals surface area contributed by atoms with Crippen LogP contribution >= 0.6 is 0 Å². The molecular weight excluding hydrogens is 949 g/mol. The Morgan fingerprint density at radius 1 is 0.592 bits per heavy atom. The van der Waals surface area contributed by atoms with Crippen LogP contribution in [0.15, 0.2) is 169 Å². The quantitative estimate of drug-likeness (QED) is 0.0233. The molecule has 0 spiro atoms. The van der Waals surface area contributed by atoms with Crippen molar-refractivity contribution in [1.29, 1.82) is 0 Å². The number of phenols is 1. The number of hydrogen-bond acceptors (Lipinski definition) is 15. The lowest BCUT2D eigenvalue weighted by atomic mass is 10.1. The van der Waals surface area contributed by atoms with Crippen LogP contribution in [0.25, 0.3) is 32.3 Å². The molecule has 71 heavy (non-hydrogen) atoms. The fraction of sp³-hybridized carbons (Fsp3) is 0.157. The largest absolute Gasteiger partial charge is 0.505 e. The molecule has 8 rings (SSSR count). The summed E-state index contributed by atoms with van der Waals surface area (Å²) in [5.41, 5.74) is 9.69. The predicted molar refractivity (Wildman–Crippen MR) is 273 cm³/mol. The molecule has 0 aliphatic heterocycles. The number of rotatable bonds is 18. The first-order chi connectivity index (χ1) is 34.0. The lowest BCUT2D eigenvalue weighted by molar-refractivity contribution is 0.102. The van der Waals surface area contributed by atoms with Gasteiger partial charge in [-0.15, -0.1) is 25.6 Å². The van der Waals surface area contributed by atoms with E-state index < -0.39 is 30.9 Å². The third-order valence-corrected chi connectivity index (χ3v) is 12.7. The highest BCUT2D eigenvalue weighted by molar-refractivity contribution is 7.86. The molecule has 8 aromatic rings. The zero-order valence-corrected chi connectivity index (χ0v) is 39.9. The Morgan fingerprint density at radius 2 is 1.20 bits per heavy atom. The summed E-state index contributed by atoms with van der Waals surface area (Å²) in [6, 6.07) is 36.4. The van der Waals surface area contributed by atoms with Gasteiger partial charge < -0.3 is 25.6 Å². The van der Waals surface area contributed by atoms with E-state index in [1.54, 1.807) is 66.7 Å². The molecule has 0 saturated carbocycles. The average Bonchev–Trinajstić information content (AvgIpc) is 3.34. The van der Waals surface area contributed by atoms with Gasteiger partial charge in [0.2, 0.25) is 0 Å². The highest BCUT2D eigenvalue weighted by Gasteiger charge is 2.17. The van der Waals surface area contributed by atoms with E-state index in [9.17, 15) is 35.8 Å². The third kappa shape index (κ3) is 12.0. The number of nitrogens with zero attached hydrogens (tertiary/aromatic N) is 6. The number of benzene rings is 8. The van der Waals surface area contributed by atoms with Crippen LogP contribution in [0.5, 0.6) is 17.2 Å². The van der Waals surface area contributed by atoms with Gasteiger partial charge in [-0.25, -0.2) is 0 Å². The highest BCUT2D eigenvalue weighted by atomic mass is 32.2. The number of fused-ring (bicyclic) bond motifs is 3. The van der Waals surface area contributed by atoms with Crippen molar-refractivity contribution in [3.8, 4) is 17.2 Å². The fourth-order valence-corrected chi connectivity index (χ4v) is 8.54. The predicted octanol–water partition coefficient (Wildman–Crippen LogP) is 13.3. The molecule has 0 bridgehead atoms. The molecule has 0 radical (unpaired) electrons. The fourth-order valence-electron chi connectivity index (χ4n) is 7.47. The van der Waals surface area contributed by atoms with E-state index in [2.05, 4.69) is 36.0 Å². The molecule has 0 aromatic heterocycles. The maximum atomic E-state index is 12.8. The number of unbranched alkanes of at least 4 members (excludes halogenated alkanes) is 1. The van der Waals surface area contributed by atoms with Crippen molar-refractivity contribution < 1.29 is 45.3 Å². The van der Waals surface area contributed by atoms with E-state index >= 15 is 0 Å². The van der Waals surface area contributed by atoms with Gasteiger partial charge in [0.05, 0.1) is 46.6 Å². The van der Waals surface area contributed by atoms with Crippen molar-refractivity contribution in [2.24, 2.45) is 30.7 Å². The van der Waals surface area contributed by atoms with Gasteiger partial charge in [0.1, 0.15) is 22.9 Å². The number of nitrogens with two attached hydrogens (primary N) is 1. The van der Waals surface area contributed by atoms with Crippen LogP contribution < -0.4 is 20.5 Å². The van der Waals surface area contributed by atoms with Crippen LogP contribution in [-0.4, -0.2) is 55.9 Å². The minimum absolute atomic E-state index is 0.0555. The monoisotopic (exact) mass is 994 g/mol. The van der Waals surface area contributed by atoms with Crippen LogP contribution in [0.2, 0.25) is 0 Å². The van der Waals surface area contributed by atoms with Gasteiger partial charge in [-0.05, 0) is 128 Å². The molecule has 0 atom stereocenters. The van der Waals surface area contributed by atoms with E-state index in [1.807, 2.05) is 50.2 Å². The summed E-state index contributed by atoms with van der Waals surface area (Å²) >= 11 is 0. The van der Waals surface area contributed by atoms with Gasteiger partial charge in [0.15, 0.2) is 5.75 Å². The molecule has 0 saturated heterocycles. The van der Waals surface area contributed by atoms with Crippen LogP contribution in [0.4, 0.5) is 45.5 Å². The van der Waals surface area contributed by atoms with Gasteiger partial charge in [0.25, 0.3) is 26.1 Å². The first-order valence-corrected chi connectivity index (χ1v) is 25.2. The first kappa shape index (κ1) is 49.3. The number of carbonyl (C=O) groups is 1. The summed E-state index contributed by atoms with van der Waals surface area (Å²) in [7, 11) is -8.83. The van der Waals surface area contributed by atoms with E-state index in [4.69, 9.17) is 15.2 Å². The number of carbonyl (C=O) groups excluding carboxylic acids is 1. The molecule has 18 nitrogen and oxygen atoms in total. The normalized spacial score (nSPS) is 12.2. The van der Waals surface area contributed by atoms with Gasteiger partial charge in [0, 0.05) is 49.9 Å². The number of amides is 1. The smallest absolute Gasteiger partial charge is 0.294 e. The zero-order valence-electron chi connectivity index (χ0n) is 38.2. The minimum atomic E-state index is -4.66. The number of aryl methyl sites for hydroxylation is 1. The van der Waals surface area contributed by atoms with E-state index in [0.717, 1.165) is 22.9 Å². The maximum absolute atomic E-state index is 12.8. The summed E-state index contributed by atoms with van der Waals surface area (Å²) in [5, 5.41) is 44.3. The summed E-state index contributed by atoms with van der Waals surface area (Å²) in [6.45, 7) is 4.46.